The summed E-state index contributed by atoms with van der Waals surface area (Å²) in [5, 5.41) is 41.6. The van der Waals surface area contributed by atoms with Crippen LogP contribution in [0.25, 0.3) is 0 Å². The average Bonchev–Trinajstić information content (AvgIpc) is 3.03. The van der Waals surface area contributed by atoms with Crippen molar-refractivity contribution in [1.29, 1.82) is 0 Å². The molecule has 6 N–H and O–H groups in total. The van der Waals surface area contributed by atoms with E-state index < -0.39 is 41.8 Å². The van der Waals surface area contributed by atoms with Crippen LogP contribution in [0.3, 0.4) is 0 Å². The number of benzene rings is 1. The lowest BCUT2D eigenvalue weighted by Crippen LogP contribution is -2.30. The molecule has 0 heterocycles. The first kappa shape index (κ1) is 26.1. The van der Waals surface area contributed by atoms with E-state index in [1.54, 1.807) is 5.48 Å². The number of halogens is 2. The molecule has 0 radical (unpaired) electrons. The number of carbonyl (C=O) groups is 2. The Bertz CT molecular complexity index is 766. The standard InChI is InChI=1S/C22H32F2N2O6/c23-16-9-7-13(11-17(16)24)25-22(31)18(27)10-8-15-14(19(28)12-20(15)29)5-3-1-2-4-6-21(30)26-32/h7,9,11,14-15,18-20,27-29,32H,1-6,8,10,12H2,(H,25,31)(H,26,30)/t14-,15?,18?,19+,20-/m1/s1. The topological polar surface area (TPSA) is 139 Å². The van der Waals surface area contributed by atoms with Crippen molar-refractivity contribution >= 4 is 17.5 Å². The summed E-state index contributed by atoms with van der Waals surface area (Å²) < 4.78 is 26.2. The van der Waals surface area contributed by atoms with Crippen LogP contribution < -0.4 is 10.8 Å². The van der Waals surface area contributed by atoms with Crippen LogP contribution >= 0.6 is 0 Å². The van der Waals surface area contributed by atoms with E-state index >= 15 is 0 Å². The summed E-state index contributed by atoms with van der Waals surface area (Å²) in [6, 6.07) is 2.88. The second kappa shape index (κ2) is 12.8. The molecule has 0 bridgehead atoms. The van der Waals surface area contributed by atoms with Gasteiger partial charge < -0.3 is 20.6 Å². The van der Waals surface area contributed by atoms with Crippen molar-refractivity contribution in [2.24, 2.45) is 11.8 Å². The van der Waals surface area contributed by atoms with Gasteiger partial charge in [-0.2, -0.15) is 0 Å². The number of anilines is 1. The third-order valence-corrected chi connectivity index (χ3v) is 6.10. The Morgan fingerprint density at radius 2 is 1.66 bits per heavy atom. The number of carbonyl (C=O) groups excluding carboxylic acids is 2. The highest BCUT2D eigenvalue weighted by atomic mass is 19.2. The van der Waals surface area contributed by atoms with Crippen molar-refractivity contribution in [2.75, 3.05) is 5.32 Å². The number of hydroxylamine groups is 1. The number of nitrogens with one attached hydrogen (secondary N) is 2. The van der Waals surface area contributed by atoms with E-state index in [4.69, 9.17) is 5.21 Å². The van der Waals surface area contributed by atoms with Gasteiger partial charge in [0.1, 0.15) is 6.10 Å². The Morgan fingerprint density at radius 1 is 1.00 bits per heavy atom. The molecule has 5 atom stereocenters. The second-order valence-corrected chi connectivity index (χ2v) is 8.40. The van der Waals surface area contributed by atoms with Crippen LogP contribution in [0.5, 0.6) is 0 Å². The fourth-order valence-electron chi connectivity index (χ4n) is 4.34. The van der Waals surface area contributed by atoms with E-state index in [1.165, 1.54) is 6.07 Å². The zero-order valence-electron chi connectivity index (χ0n) is 17.8. The van der Waals surface area contributed by atoms with E-state index in [0.29, 0.717) is 19.3 Å². The summed E-state index contributed by atoms with van der Waals surface area (Å²) >= 11 is 0. The lowest BCUT2D eigenvalue weighted by Gasteiger charge is -2.24. The van der Waals surface area contributed by atoms with E-state index in [-0.39, 0.29) is 36.8 Å². The highest BCUT2D eigenvalue weighted by molar-refractivity contribution is 5.93. The summed E-state index contributed by atoms with van der Waals surface area (Å²) in [4.78, 5) is 23.1. The Balaban J connectivity index is 1.77. The van der Waals surface area contributed by atoms with E-state index in [1.807, 2.05) is 0 Å². The van der Waals surface area contributed by atoms with Crippen molar-refractivity contribution in [3.63, 3.8) is 0 Å². The quantitative estimate of drug-likeness (QED) is 0.161. The van der Waals surface area contributed by atoms with Gasteiger partial charge in [0.05, 0.1) is 12.2 Å². The van der Waals surface area contributed by atoms with Crippen LogP contribution in [-0.2, 0) is 9.59 Å². The van der Waals surface area contributed by atoms with Crippen molar-refractivity contribution in [3.05, 3.63) is 29.8 Å². The van der Waals surface area contributed by atoms with Gasteiger partial charge in [0.2, 0.25) is 5.91 Å². The van der Waals surface area contributed by atoms with Crippen LogP contribution in [-0.4, -0.2) is 50.7 Å². The maximum Gasteiger partial charge on any atom is 0.253 e. The predicted octanol–water partition coefficient (Wildman–Crippen LogP) is 2.25. The molecule has 8 nitrogen and oxygen atoms in total. The second-order valence-electron chi connectivity index (χ2n) is 8.40. The van der Waals surface area contributed by atoms with Crippen LogP contribution in [0.1, 0.15) is 57.8 Å². The number of hydrogen-bond donors (Lipinski definition) is 6. The summed E-state index contributed by atoms with van der Waals surface area (Å²) in [6.07, 6.45) is 1.82. The minimum Gasteiger partial charge on any atom is -0.393 e. The van der Waals surface area contributed by atoms with Gasteiger partial charge in [-0.05, 0) is 56.1 Å². The number of rotatable bonds is 12. The normalized spacial score (nSPS) is 23.7. The van der Waals surface area contributed by atoms with Gasteiger partial charge in [-0.3, -0.25) is 14.8 Å². The molecule has 1 aliphatic rings. The molecule has 1 saturated carbocycles. The molecule has 2 rings (SSSR count). The fourth-order valence-corrected chi connectivity index (χ4v) is 4.34. The third-order valence-electron chi connectivity index (χ3n) is 6.10. The predicted molar refractivity (Wildman–Crippen MR) is 111 cm³/mol. The summed E-state index contributed by atoms with van der Waals surface area (Å²) in [6.45, 7) is 0. The lowest BCUT2D eigenvalue weighted by atomic mass is 9.85. The first-order valence-corrected chi connectivity index (χ1v) is 11.0. The Kier molecular flexibility index (Phi) is 10.4. The van der Waals surface area contributed by atoms with Crippen LogP contribution in [0, 0.1) is 23.5 Å². The van der Waals surface area contributed by atoms with E-state index in [0.717, 1.165) is 31.4 Å². The van der Waals surface area contributed by atoms with Gasteiger partial charge in [-0.1, -0.05) is 19.3 Å². The zero-order chi connectivity index (χ0) is 23.7. The number of amides is 2. The first-order chi connectivity index (χ1) is 15.2. The summed E-state index contributed by atoms with van der Waals surface area (Å²) in [5.41, 5.74) is 1.61. The Labute approximate surface area is 185 Å². The van der Waals surface area contributed by atoms with Crippen molar-refractivity contribution < 1.29 is 38.9 Å². The van der Waals surface area contributed by atoms with Crippen molar-refractivity contribution in [3.8, 4) is 0 Å². The molecular formula is C22H32F2N2O6. The average molecular weight is 459 g/mol. The van der Waals surface area contributed by atoms with Gasteiger partial charge >= 0.3 is 0 Å². The highest BCUT2D eigenvalue weighted by Crippen LogP contribution is 2.39. The molecule has 1 aliphatic carbocycles. The zero-order valence-corrected chi connectivity index (χ0v) is 17.8. The van der Waals surface area contributed by atoms with Crippen LogP contribution in [0.15, 0.2) is 18.2 Å². The summed E-state index contributed by atoms with van der Waals surface area (Å²) in [5.74, 6) is -3.76. The van der Waals surface area contributed by atoms with Gasteiger partial charge in [-0.15, -0.1) is 0 Å². The van der Waals surface area contributed by atoms with Crippen molar-refractivity contribution in [1.82, 2.24) is 5.48 Å². The van der Waals surface area contributed by atoms with Crippen LogP contribution in [0.2, 0.25) is 0 Å². The molecule has 1 aromatic carbocycles. The largest absolute Gasteiger partial charge is 0.393 e. The highest BCUT2D eigenvalue weighted by Gasteiger charge is 2.41. The molecule has 0 aromatic heterocycles. The number of aliphatic hydroxyl groups excluding tert-OH is 3. The van der Waals surface area contributed by atoms with Gasteiger partial charge in [0.15, 0.2) is 11.6 Å². The molecule has 32 heavy (non-hydrogen) atoms. The number of aliphatic hydroxyl groups is 3. The maximum absolute atomic E-state index is 13.3. The molecule has 2 unspecified atom stereocenters. The molecule has 2 amide bonds. The monoisotopic (exact) mass is 458 g/mol. The van der Waals surface area contributed by atoms with E-state index in [9.17, 15) is 33.7 Å². The first-order valence-electron chi connectivity index (χ1n) is 11.0. The van der Waals surface area contributed by atoms with Gasteiger partial charge in [0, 0.05) is 18.2 Å². The minimum atomic E-state index is -1.40. The van der Waals surface area contributed by atoms with Gasteiger partial charge in [0.25, 0.3) is 5.91 Å². The smallest absolute Gasteiger partial charge is 0.253 e. The van der Waals surface area contributed by atoms with Crippen molar-refractivity contribution in [2.45, 2.75) is 76.1 Å². The Morgan fingerprint density at radius 3 is 2.31 bits per heavy atom. The molecule has 1 fully saturated rings. The fraction of sp³-hybridized carbons (Fsp3) is 0.636. The lowest BCUT2D eigenvalue weighted by molar-refractivity contribution is -0.129. The maximum atomic E-state index is 13.3. The third kappa shape index (κ3) is 7.77. The number of hydrogen-bond acceptors (Lipinski definition) is 6. The van der Waals surface area contributed by atoms with E-state index in [2.05, 4.69) is 5.32 Å². The summed E-state index contributed by atoms with van der Waals surface area (Å²) in [7, 11) is 0. The molecule has 0 saturated heterocycles. The molecule has 180 valence electrons. The van der Waals surface area contributed by atoms with Gasteiger partial charge in [-0.25, -0.2) is 14.3 Å². The molecule has 1 aromatic rings. The minimum absolute atomic E-state index is 0.0265. The Hall–Kier alpha value is -2.14. The molecule has 10 heteroatoms. The number of unbranched alkanes of at least 4 members (excludes halogenated alkanes) is 3. The SMILES string of the molecule is O=C(CCCCCC[C@@H]1C(CCC(O)C(=O)Nc2ccc(F)c(F)c2)[C@H](O)C[C@@H]1O)NO. The molecular weight excluding hydrogens is 426 g/mol. The molecule has 0 aliphatic heterocycles. The molecule has 0 spiro atoms. The van der Waals surface area contributed by atoms with Crippen LogP contribution in [0.4, 0.5) is 14.5 Å².